The molecule has 0 aromatic heterocycles. The van der Waals surface area contributed by atoms with Crippen molar-refractivity contribution in [1.29, 1.82) is 0 Å². The largest absolute Gasteiger partial charge is 0.328 e. The zero-order valence-corrected chi connectivity index (χ0v) is 8.16. The highest BCUT2D eigenvalue weighted by molar-refractivity contribution is 5.33. The average Bonchev–Trinajstić information content (AvgIpc) is 2.87. The van der Waals surface area contributed by atoms with Crippen LogP contribution in [0, 0.1) is 0 Å². The third kappa shape index (κ3) is 2.10. The van der Waals surface area contributed by atoms with Gasteiger partial charge < -0.3 is 5.73 Å². The monoisotopic (exact) mass is 175 g/mol. The Bertz CT molecular complexity index is 287. The molecule has 1 unspecified atom stereocenters. The third-order valence-corrected chi connectivity index (χ3v) is 2.61. The van der Waals surface area contributed by atoms with Crippen LogP contribution >= 0.6 is 0 Å². The third-order valence-electron chi connectivity index (χ3n) is 2.61. The lowest BCUT2D eigenvalue weighted by Crippen LogP contribution is -2.18. The highest BCUT2D eigenvalue weighted by Gasteiger charge is 2.25. The summed E-state index contributed by atoms with van der Waals surface area (Å²) in [4.78, 5) is 0. The van der Waals surface area contributed by atoms with Gasteiger partial charge in [-0.05, 0) is 43.2 Å². The van der Waals surface area contributed by atoms with E-state index in [9.17, 15) is 0 Å². The molecule has 1 aliphatic rings. The fourth-order valence-corrected chi connectivity index (χ4v) is 1.86. The van der Waals surface area contributed by atoms with Crippen LogP contribution in [0.4, 0.5) is 0 Å². The molecule has 1 fully saturated rings. The number of hydrogen-bond acceptors (Lipinski definition) is 1. The first-order chi connectivity index (χ1) is 6.27. The SMILES string of the molecule is CC(N)Cc1ccccc1C1CC1. The fraction of sp³-hybridized carbons (Fsp3) is 0.500. The minimum Gasteiger partial charge on any atom is -0.328 e. The molecule has 1 aromatic rings. The summed E-state index contributed by atoms with van der Waals surface area (Å²) in [5.74, 6) is 0.843. The summed E-state index contributed by atoms with van der Waals surface area (Å²) in [6.07, 6.45) is 3.76. The molecule has 0 saturated heterocycles. The summed E-state index contributed by atoms with van der Waals surface area (Å²) >= 11 is 0. The summed E-state index contributed by atoms with van der Waals surface area (Å²) in [6, 6.07) is 9.01. The molecule has 70 valence electrons. The molecule has 1 aliphatic carbocycles. The molecular weight excluding hydrogens is 158 g/mol. The Morgan fingerprint density at radius 1 is 1.38 bits per heavy atom. The van der Waals surface area contributed by atoms with Gasteiger partial charge in [0.25, 0.3) is 0 Å². The van der Waals surface area contributed by atoms with Crippen molar-refractivity contribution in [3.8, 4) is 0 Å². The minimum absolute atomic E-state index is 0.278. The lowest BCUT2D eigenvalue weighted by atomic mass is 9.98. The van der Waals surface area contributed by atoms with Crippen molar-refractivity contribution >= 4 is 0 Å². The van der Waals surface area contributed by atoms with Crippen molar-refractivity contribution < 1.29 is 0 Å². The van der Waals surface area contributed by atoms with E-state index in [1.165, 1.54) is 18.4 Å². The lowest BCUT2D eigenvalue weighted by molar-refractivity contribution is 0.731. The molecule has 1 nitrogen and oxygen atoms in total. The van der Waals surface area contributed by atoms with Gasteiger partial charge in [-0.25, -0.2) is 0 Å². The smallest absolute Gasteiger partial charge is 0.00510 e. The highest BCUT2D eigenvalue weighted by Crippen LogP contribution is 2.41. The van der Waals surface area contributed by atoms with Crippen molar-refractivity contribution in [2.24, 2.45) is 5.73 Å². The number of hydrogen-bond donors (Lipinski definition) is 1. The van der Waals surface area contributed by atoms with Crippen molar-refractivity contribution in [3.05, 3.63) is 35.4 Å². The van der Waals surface area contributed by atoms with E-state index in [2.05, 4.69) is 31.2 Å². The van der Waals surface area contributed by atoms with Gasteiger partial charge in [0, 0.05) is 6.04 Å². The number of rotatable bonds is 3. The van der Waals surface area contributed by atoms with Crippen LogP contribution < -0.4 is 5.73 Å². The molecule has 0 aliphatic heterocycles. The van der Waals surface area contributed by atoms with Crippen LogP contribution in [0.1, 0.15) is 36.8 Å². The molecule has 1 saturated carbocycles. The van der Waals surface area contributed by atoms with Crippen molar-refractivity contribution in [3.63, 3.8) is 0 Å². The molecule has 0 radical (unpaired) electrons. The van der Waals surface area contributed by atoms with E-state index in [4.69, 9.17) is 5.73 Å². The van der Waals surface area contributed by atoms with Gasteiger partial charge in [0.2, 0.25) is 0 Å². The van der Waals surface area contributed by atoms with E-state index < -0.39 is 0 Å². The zero-order valence-electron chi connectivity index (χ0n) is 8.16. The Balaban J connectivity index is 2.21. The van der Waals surface area contributed by atoms with Crippen molar-refractivity contribution in [2.75, 3.05) is 0 Å². The summed E-state index contributed by atoms with van der Waals surface area (Å²) < 4.78 is 0. The van der Waals surface area contributed by atoms with E-state index in [-0.39, 0.29) is 6.04 Å². The van der Waals surface area contributed by atoms with E-state index >= 15 is 0 Å². The van der Waals surface area contributed by atoms with Crippen LogP contribution in [-0.4, -0.2) is 6.04 Å². The predicted octanol–water partition coefficient (Wildman–Crippen LogP) is 2.45. The number of benzene rings is 1. The molecule has 0 amide bonds. The standard InChI is InChI=1S/C12H17N/c1-9(13)8-11-4-2-3-5-12(11)10-6-7-10/h2-5,9-10H,6-8,13H2,1H3. The fourth-order valence-electron chi connectivity index (χ4n) is 1.86. The van der Waals surface area contributed by atoms with Crippen molar-refractivity contribution in [1.82, 2.24) is 0 Å². The maximum atomic E-state index is 5.81. The van der Waals surface area contributed by atoms with Gasteiger partial charge >= 0.3 is 0 Å². The summed E-state index contributed by atoms with van der Waals surface area (Å²) in [5, 5.41) is 0. The normalized spacial score (nSPS) is 18.6. The van der Waals surface area contributed by atoms with Gasteiger partial charge in [0.05, 0.1) is 0 Å². The number of nitrogens with two attached hydrogens (primary N) is 1. The van der Waals surface area contributed by atoms with Crippen LogP contribution in [0.5, 0.6) is 0 Å². The Hall–Kier alpha value is -0.820. The zero-order chi connectivity index (χ0) is 9.26. The average molecular weight is 175 g/mol. The van der Waals surface area contributed by atoms with E-state index in [1.807, 2.05) is 0 Å². The van der Waals surface area contributed by atoms with Crippen LogP contribution in [0.15, 0.2) is 24.3 Å². The second-order valence-corrected chi connectivity index (χ2v) is 4.15. The molecule has 2 rings (SSSR count). The molecule has 0 heterocycles. The summed E-state index contributed by atoms with van der Waals surface area (Å²) in [6.45, 7) is 2.07. The Morgan fingerprint density at radius 3 is 2.69 bits per heavy atom. The summed E-state index contributed by atoms with van der Waals surface area (Å²) in [7, 11) is 0. The Morgan fingerprint density at radius 2 is 2.08 bits per heavy atom. The Labute approximate surface area is 80.0 Å². The van der Waals surface area contributed by atoms with Crippen LogP contribution in [-0.2, 0) is 6.42 Å². The van der Waals surface area contributed by atoms with Gasteiger partial charge in [0.15, 0.2) is 0 Å². The van der Waals surface area contributed by atoms with Gasteiger partial charge in [-0.1, -0.05) is 24.3 Å². The maximum absolute atomic E-state index is 5.81. The molecule has 13 heavy (non-hydrogen) atoms. The van der Waals surface area contributed by atoms with Crippen LogP contribution in [0.25, 0.3) is 0 Å². The highest BCUT2D eigenvalue weighted by atomic mass is 14.6. The van der Waals surface area contributed by atoms with Crippen molar-refractivity contribution in [2.45, 2.75) is 38.1 Å². The van der Waals surface area contributed by atoms with Crippen LogP contribution in [0.2, 0.25) is 0 Å². The van der Waals surface area contributed by atoms with Crippen LogP contribution in [0.3, 0.4) is 0 Å². The molecule has 1 atom stereocenters. The molecule has 0 bridgehead atoms. The van der Waals surface area contributed by atoms with Gasteiger partial charge in [-0.15, -0.1) is 0 Å². The topological polar surface area (TPSA) is 26.0 Å². The van der Waals surface area contributed by atoms with E-state index in [1.54, 1.807) is 5.56 Å². The maximum Gasteiger partial charge on any atom is 0.00510 e. The molecular formula is C12H17N. The van der Waals surface area contributed by atoms with Gasteiger partial charge in [-0.2, -0.15) is 0 Å². The van der Waals surface area contributed by atoms with E-state index in [0.29, 0.717) is 0 Å². The molecule has 1 heteroatoms. The van der Waals surface area contributed by atoms with E-state index in [0.717, 1.165) is 12.3 Å². The molecule has 0 spiro atoms. The Kier molecular flexibility index (Phi) is 2.36. The first kappa shape index (κ1) is 8.76. The van der Waals surface area contributed by atoms with Gasteiger partial charge in [0.1, 0.15) is 0 Å². The first-order valence-corrected chi connectivity index (χ1v) is 5.11. The summed E-state index contributed by atoms with van der Waals surface area (Å²) in [5.41, 5.74) is 8.81. The first-order valence-electron chi connectivity index (χ1n) is 5.11. The predicted molar refractivity (Wildman–Crippen MR) is 55.8 cm³/mol. The van der Waals surface area contributed by atoms with Gasteiger partial charge in [-0.3, -0.25) is 0 Å². The second kappa shape index (κ2) is 3.51. The molecule has 2 N–H and O–H groups in total. The minimum atomic E-state index is 0.278. The quantitative estimate of drug-likeness (QED) is 0.750. The lowest BCUT2D eigenvalue weighted by Gasteiger charge is -2.10. The molecule has 1 aromatic carbocycles. The second-order valence-electron chi connectivity index (χ2n) is 4.15.